The molecule has 0 radical (unpaired) electrons. The number of hydrogen-bond donors (Lipinski definition) is 1. The lowest BCUT2D eigenvalue weighted by atomic mass is 10.0. The van der Waals surface area contributed by atoms with Crippen LogP contribution >= 0.6 is 0 Å². The monoisotopic (exact) mass is 501 g/mol. The molecule has 1 unspecified atom stereocenters. The molecule has 1 aromatic heterocycles. The second kappa shape index (κ2) is 11.3. The van der Waals surface area contributed by atoms with Crippen LogP contribution in [0.15, 0.2) is 30.5 Å². The van der Waals surface area contributed by atoms with Crippen LogP contribution in [0.25, 0.3) is 0 Å². The first kappa shape index (κ1) is 26.6. The van der Waals surface area contributed by atoms with E-state index in [4.69, 9.17) is 0 Å². The summed E-state index contributed by atoms with van der Waals surface area (Å²) in [7, 11) is 1.69. The molecule has 0 aliphatic carbocycles. The molecule has 1 aliphatic heterocycles. The molecule has 7 heteroatoms. The van der Waals surface area contributed by atoms with Gasteiger partial charge in [0, 0.05) is 20.0 Å². The SMILES string of the molecule is CNC(=O)CCCCCn1cc(C2CN(c3c(C)cc(C)cc3C)C=[N+]2c2c(C)cc(C)cc2C)nn1. The highest BCUT2D eigenvalue weighted by Crippen LogP contribution is 2.37. The van der Waals surface area contributed by atoms with E-state index in [1.807, 2.05) is 4.68 Å². The molecule has 1 N–H and O–H groups in total. The van der Waals surface area contributed by atoms with Crippen LogP contribution in [0.4, 0.5) is 11.4 Å². The molecule has 2 aromatic carbocycles. The minimum atomic E-state index is 0.0576. The lowest BCUT2D eigenvalue weighted by Crippen LogP contribution is -2.22. The topological polar surface area (TPSA) is 66.1 Å². The van der Waals surface area contributed by atoms with Gasteiger partial charge in [-0.15, -0.1) is 5.10 Å². The smallest absolute Gasteiger partial charge is 0.245 e. The number of nitrogens with zero attached hydrogens (tertiary/aromatic N) is 5. The summed E-state index contributed by atoms with van der Waals surface area (Å²) in [6.07, 6.45) is 7.80. The summed E-state index contributed by atoms with van der Waals surface area (Å²) in [4.78, 5) is 13.8. The maximum absolute atomic E-state index is 11.4. The van der Waals surface area contributed by atoms with Gasteiger partial charge in [0.15, 0.2) is 6.04 Å². The number of anilines is 1. The molecule has 3 aromatic rings. The first-order valence-electron chi connectivity index (χ1n) is 13.3. The van der Waals surface area contributed by atoms with Gasteiger partial charge in [0.1, 0.15) is 23.6 Å². The second-order valence-corrected chi connectivity index (χ2v) is 10.6. The van der Waals surface area contributed by atoms with Crippen LogP contribution in [0, 0.1) is 41.5 Å². The summed E-state index contributed by atoms with van der Waals surface area (Å²) in [5, 5.41) is 11.8. The summed E-state index contributed by atoms with van der Waals surface area (Å²) in [6.45, 7) is 14.7. The number of amides is 1. The third kappa shape index (κ3) is 5.92. The zero-order chi connectivity index (χ0) is 26.7. The van der Waals surface area contributed by atoms with Crippen molar-refractivity contribution in [3.05, 3.63) is 69.5 Å². The van der Waals surface area contributed by atoms with E-state index >= 15 is 0 Å². The molecule has 0 fully saturated rings. The van der Waals surface area contributed by atoms with E-state index in [0.717, 1.165) is 38.0 Å². The van der Waals surface area contributed by atoms with Crippen LogP contribution < -0.4 is 10.2 Å². The molecule has 1 amide bonds. The highest BCUT2D eigenvalue weighted by atomic mass is 16.1. The second-order valence-electron chi connectivity index (χ2n) is 10.6. The van der Waals surface area contributed by atoms with Crippen LogP contribution in [0.5, 0.6) is 0 Å². The molecular formula is C30H41N6O+. The zero-order valence-electron chi connectivity index (χ0n) is 23.4. The van der Waals surface area contributed by atoms with Crippen molar-refractivity contribution in [1.82, 2.24) is 20.3 Å². The van der Waals surface area contributed by atoms with Gasteiger partial charge in [0.25, 0.3) is 0 Å². The number of carbonyl (C=O) groups is 1. The molecule has 1 aliphatic rings. The van der Waals surface area contributed by atoms with Gasteiger partial charge < -0.3 is 5.32 Å². The molecule has 37 heavy (non-hydrogen) atoms. The Morgan fingerprint density at radius 3 is 2.19 bits per heavy atom. The van der Waals surface area contributed by atoms with Crippen molar-refractivity contribution in [2.45, 2.75) is 79.8 Å². The number of hydrogen-bond acceptors (Lipinski definition) is 4. The summed E-state index contributed by atoms with van der Waals surface area (Å²) in [5.74, 6) is 0.103. The number of unbranched alkanes of at least 4 members (excludes halogenated alkanes) is 2. The predicted octanol–water partition coefficient (Wildman–Crippen LogP) is 5.37. The Morgan fingerprint density at radius 1 is 0.946 bits per heavy atom. The lowest BCUT2D eigenvalue weighted by molar-refractivity contribution is -0.476. The first-order chi connectivity index (χ1) is 17.7. The summed E-state index contributed by atoms with van der Waals surface area (Å²) < 4.78 is 4.34. The number of carbonyl (C=O) groups excluding carboxylic acids is 1. The maximum Gasteiger partial charge on any atom is 0.245 e. The number of benzene rings is 2. The van der Waals surface area contributed by atoms with Crippen molar-refractivity contribution < 1.29 is 9.37 Å². The maximum atomic E-state index is 11.4. The van der Waals surface area contributed by atoms with Gasteiger partial charge in [0.2, 0.25) is 12.2 Å². The van der Waals surface area contributed by atoms with Gasteiger partial charge in [0.05, 0.1) is 6.20 Å². The molecule has 0 spiro atoms. The Bertz CT molecular complexity index is 1280. The van der Waals surface area contributed by atoms with Crippen molar-refractivity contribution in [3.8, 4) is 0 Å². The summed E-state index contributed by atoms with van der Waals surface area (Å²) in [6, 6.07) is 9.09. The largest absolute Gasteiger partial charge is 0.359 e. The van der Waals surface area contributed by atoms with Crippen molar-refractivity contribution in [3.63, 3.8) is 0 Å². The fraction of sp³-hybridized carbons (Fsp3) is 0.467. The van der Waals surface area contributed by atoms with E-state index in [9.17, 15) is 4.79 Å². The minimum Gasteiger partial charge on any atom is -0.359 e. The predicted molar refractivity (Wildman–Crippen MR) is 150 cm³/mol. The average molecular weight is 502 g/mol. The first-order valence-corrected chi connectivity index (χ1v) is 13.3. The highest BCUT2D eigenvalue weighted by Gasteiger charge is 2.38. The number of aryl methyl sites for hydroxylation is 7. The summed E-state index contributed by atoms with van der Waals surface area (Å²) >= 11 is 0. The van der Waals surface area contributed by atoms with E-state index in [1.54, 1.807) is 7.05 Å². The van der Waals surface area contributed by atoms with Crippen molar-refractivity contribution in [2.24, 2.45) is 0 Å². The fourth-order valence-corrected chi connectivity index (χ4v) is 5.79. The lowest BCUT2D eigenvalue weighted by Gasteiger charge is -2.15. The quantitative estimate of drug-likeness (QED) is 0.316. The van der Waals surface area contributed by atoms with E-state index in [0.29, 0.717) is 6.42 Å². The molecule has 2 heterocycles. The minimum absolute atomic E-state index is 0.0576. The van der Waals surface area contributed by atoms with Crippen LogP contribution in [0.3, 0.4) is 0 Å². The van der Waals surface area contributed by atoms with Crippen LogP contribution in [-0.2, 0) is 11.3 Å². The highest BCUT2D eigenvalue weighted by molar-refractivity contribution is 5.82. The van der Waals surface area contributed by atoms with Crippen molar-refractivity contribution in [2.75, 3.05) is 18.5 Å². The summed E-state index contributed by atoms with van der Waals surface area (Å²) in [5.41, 5.74) is 11.1. The van der Waals surface area contributed by atoms with E-state index in [1.165, 1.54) is 44.8 Å². The molecule has 0 bridgehead atoms. The van der Waals surface area contributed by atoms with Crippen LogP contribution in [0.2, 0.25) is 0 Å². The molecule has 196 valence electrons. The molecule has 4 rings (SSSR count). The normalized spacial score (nSPS) is 15.3. The van der Waals surface area contributed by atoms with Gasteiger partial charge in [-0.05, 0) is 76.6 Å². The third-order valence-electron chi connectivity index (χ3n) is 7.25. The van der Waals surface area contributed by atoms with Crippen molar-refractivity contribution >= 4 is 23.6 Å². The molecule has 0 saturated carbocycles. The van der Waals surface area contributed by atoms with E-state index in [2.05, 4.69) is 103 Å². The molecule has 0 saturated heterocycles. The van der Waals surface area contributed by atoms with Crippen molar-refractivity contribution in [1.29, 1.82) is 0 Å². The van der Waals surface area contributed by atoms with Gasteiger partial charge in [-0.25, -0.2) is 9.48 Å². The van der Waals surface area contributed by atoms with Crippen LogP contribution in [-0.4, -0.2) is 45.4 Å². The number of rotatable bonds is 9. The fourth-order valence-electron chi connectivity index (χ4n) is 5.79. The number of aromatic nitrogens is 3. The number of nitrogens with one attached hydrogen (secondary N) is 1. The van der Waals surface area contributed by atoms with Gasteiger partial charge in [-0.2, -0.15) is 0 Å². The average Bonchev–Trinajstić information content (AvgIpc) is 3.45. The van der Waals surface area contributed by atoms with E-state index in [-0.39, 0.29) is 11.9 Å². The van der Waals surface area contributed by atoms with Crippen LogP contribution in [0.1, 0.15) is 70.8 Å². The molecular weight excluding hydrogens is 460 g/mol. The Kier molecular flexibility index (Phi) is 8.10. The Labute approximate surface area is 221 Å². The molecule has 1 atom stereocenters. The van der Waals surface area contributed by atoms with Gasteiger partial charge >= 0.3 is 0 Å². The zero-order valence-corrected chi connectivity index (χ0v) is 23.4. The third-order valence-corrected chi connectivity index (χ3v) is 7.25. The Hall–Kier alpha value is -3.48. The Morgan fingerprint density at radius 2 is 1.57 bits per heavy atom. The molecule has 7 nitrogen and oxygen atoms in total. The van der Waals surface area contributed by atoms with Gasteiger partial charge in [-0.3, -0.25) is 9.48 Å². The standard InChI is InChI=1S/C30H40N6O/c1-20-13-22(3)29(23(4)14-20)34-18-27(36(19-34)30-24(5)15-21(2)16-25(30)6)26-17-35(33-32-26)12-10-8-9-11-28(37)31-7/h13-17,19,27H,8-12,18H2,1-7H3/p+1. The Balaban J connectivity index is 1.62. The van der Waals surface area contributed by atoms with E-state index < -0.39 is 0 Å². The van der Waals surface area contributed by atoms with Gasteiger partial charge in [-0.1, -0.05) is 47.0 Å².